The third-order valence-electron chi connectivity index (χ3n) is 4.58. The Hall–Kier alpha value is -3.60. The van der Waals surface area contributed by atoms with Gasteiger partial charge < -0.3 is 4.42 Å². The van der Waals surface area contributed by atoms with Crippen molar-refractivity contribution in [3.05, 3.63) is 75.2 Å². The van der Waals surface area contributed by atoms with Crippen molar-refractivity contribution in [2.45, 2.75) is 37.3 Å². The Labute approximate surface area is 178 Å². The highest BCUT2D eigenvalue weighted by Crippen LogP contribution is 2.21. The van der Waals surface area contributed by atoms with Gasteiger partial charge in [0.15, 0.2) is 9.84 Å². The number of nitro groups is 1. The highest BCUT2D eigenvalue weighted by Gasteiger charge is 2.19. The van der Waals surface area contributed by atoms with Crippen molar-refractivity contribution in [1.29, 1.82) is 0 Å². The lowest BCUT2D eigenvalue weighted by Crippen LogP contribution is -2.13. The van der Waals surface area contributed by atoms with E-state index in [1.165, 1.54) is 30.3 Å². The maximum atomic E-state index is 12.3. The number of anilines is 1. The number of rotatable bonds is 7. The van der Waals surface area contributed by atoms with Crippen LogP contribution in [-0.4, -0.2) is 34.7 Å². The van der Waals surface area contributed by atoms with Gasteiger partial charge in [-0.1, -0.05) is 23.3 Å². The maximum absolute atomic E-state index is 12.3. The van der Waals surface area contributed by atoms with Gasteiger partial charge in [0.2, 0.25) is 5.89 Å². The van der Waals surface area contributed by atoms with Gasteiger partial charge in [-0.05, 0) is 44.5 Å². The van der Waals surface area contributed by atoms with Gasteiger partial charge in [-0.25, -0.2) is 8.42 Å². The van der Waals surface area contributed by atoms with Crippen LogP contribution in [0.15, 0.2) is 51.8 Å². The minimum Gasteiger partial charge on any atom is -0.407 e. The monoisotopic (exact) mass is 444 g/mol. The van der Waals surface area contributed by atoms with E-state index in [9.17, 15) is 23.3 Å². The number of aryl methyl sites for hydroxylation is 1. The molecule has 0 atom stereocenters. The Morgan fingerprint density at radius 3 is 2.45 bits per heavy atom. The van der Waals surface area contributed by atoms with Gasteiger partial charge in [-0.2, -0.15) is 0 Å². The summed E-state index contributed by atoms with van der Waals surface area (Å²) in [4.78, 5) is 23.0. The predicted molar refractivity (Wildman–Crippen MR) is 112 cm³/mol. The molecule has 0 fully saturated rings. The van der Waals surface area contributed by atoms with E-state index in [2.05, 4.69) is 15.5 Å². The molecule has 0 spiro atoms. The number of carbonyl (C=O) groups excluding carboxylic acids is 1. The number of carbonyl (C=O) groups is 1. The van der Waals surface area contributed by atoms with Crippen molar-refractivity contribution in [3.63, 3.8) is 0 Å². The van der Waals surface area contributed by atoms with Crippen molar-refractivity contribution in [2.75, 3.05) is 5.32 Å². The smallest absolute Gasteiger partial charge is 0.322 e. The first-order chi connectivity index (χ1) is 14.6. The van der Waals surface area contributed by atoms with Gasteiger partial charge in [-0.3, -0.25) is 20.2 Å². The molecule has 1 heterocycles. The molecule has 31 heavy (non-hydrogen) atoms. The summed E-state index contributed by atoms with van der Waals surface area (Å²) < 4.78 is 29.8. The van der Waals surface area contributed by atoms with E-state index in [0.717, 1.165) is 5.56 Å². The SMILES string of the molecule is Cc1ccc(C(=O)Nc2nnc(Cc3ccc(S(=O)(=O)C(C)C)cc3)o2)cc1[N+](=O)[O-]. The first kappa shape index (κ1) is 22.1. The third-order valence-corrected chi connectivity index (χ3v) is 6.75. The van der Waals surface area contributed by atoms with Crippen LogP contribution in [0.25, 0.3) is 0 Å². The fourth-order valence-corrected chi connectivity index (χ4v) is 3.80. The third kappa shape index (κ3) is 4.94. The molecular formula is C20H20N4O6S. The standard InChI is InChI=1S/C20H20N4O6S/c1-12(2)31(28,29)16-8-5-14(6-9-16)10-18-22-23-20(30-18)21-19(25)15-7-4-13(3)17(11-15)24(26)27/h4-9,11-12H,10H2,1-3H3,(H,21,23,25). The van der Waals surface area contributed by atoms with Crippen molar-refractivity contribution in [1.82, 2.24) is 10.2 Å². The van der Waals surface area contributed by atoms with Crippen molar-refractivity contribution < 1.29 is 22.6 Å². The summed E-state index contributed by atoms with van der Waals surface area (Å²) in [6.07, 6.45) is 0.237. The lowest BCUT2D eigenvalue weighted by molar-refractivity contribution is -0.385. The number of sulfone groups is 1. The van der Waals surface area contributed by atoms with Crippen LogP contribution in [-0.2, 0) is 16.3 Å². The predicted octanol–water partition coefficient (Wildman–Crippen LogP) is 3.31. The number of hydrogen-bond donors (Lipinski definition) is 1. The molecule has 3 rings (SSSR count). The molecule has 0 aliphatic carbocycles. The number of nitrogens with zero attached hydrogens (tertiary/aromatic N) is 3. The first-order valence-electron chi connectivity index (χ1n) is 9.29. The molecular weight excluding hydrogens is 424 g/mol. The number of nitro benzene ring substituents is 1. The minimum absolute atomic E-state index is 0.0824. The second-order valence-corrected chi connectivity index (χ2v) is 9.63. The summed E-state index contributed by atoms with van der Waals surface area (Å²) in [7, 11) is -3.35. The van der Waals surface area contributed by atoms with Gasteiger partial charge in [0.05, 0.1) is 21.5 Å². The zero-order chi connectivity index (χ0) is 22.8. The molecule has 0 saturated carbocycles. The van der Waals surface area contributed by atoms with Crippen molar-refractivity contribution in [2.24, 2.45) is 0 Å². The number of amides is 1. The molecule has 0 saturated heterocycles. The molecule has 0 bridgehead atoms. The largest absolute Gasteiger partial charge is 0.407 e. The van der Waals surface area contributed by atoms with E-state index < -0.39 is 25.9 Å². The molecule has 10 nitrogen and oxygen atoms in total. The number of aromatic nitrogens is 2. The Balaban J connectivity index is 1.69. The highest BCUT2D eigenvalue weighted by atomic mass is 32.2. The molecule has 1 aromatic heterocycles. The molecule has 0 unspecified atom stereocenters. The fraction of sp³-hybridized carbons (Fsp3) is 0.250. The minimum atomic E-state index is -3.35. The zero-order valence-corrected chi connectivity index (χ0v) is 17.8. The Morgan fingerprint density at radius 1 is 1.16 bits per heavy atom. The average Bonchev–Trinajstić information content (AvgIpc) is 3.15. The van der Waals surface area contributed by atoms with Gasteiger partial charge in [0, 0.05) is 17.2 Å². The normalized spacial score (nSPS) is 11.5. The number of nitrogens with one attached hydrogen (secondary N) is 1. The molecule has 2 aromatic carbocycles. The summed E-state index contributed by atoms with van der Waals surface area (Å²) in [6.45, 7) is 4.81. The van der Waals surface area contributed by atoms with E-state index >= 15 is 0 Å². The fourth-order valence-electron chi connectivity index (χ4n) is 2.74. The second kappa shape index (κ2) is 8.64. The van der Waals surface area contributed by atoms with Crippen LogP contribution in [0.1, 0.15) is 41.2 Å². The van der Waals surface area contributed by atoms with Gasteiger partial charge in [-0.15, -0.1) is 5.10 Å². The molecule has 1 amide bonds. The lowest BCUT2D eigenvalue weighted by atomic mass is 10.1. The number of benzene rings is 2. The highest BCUT2D eigenvalue weighted by molar-refractivity contribution is 7.92. The summed E-state index contributed by atoms with van der Waals surface area (Å²) in [5.41, 5.74) is 1.10. The number of hydrogen-bond acceptors (Lipinski definition) is 8. The zero-order valence-electron chi connectivity index (χ0n) is 17.0. The summed E-state index contributed by atoms with van der Waals surface area (Å²) in [6, 6.07) is 10.3. The summed E-state index contributed by atoms with van der Waals surface area (Å²) in [5, 5.41) is 20.5. The molecule has 3 aromatic rings. The van der Waals surface area contributed by atoms with Crippen molar-refractivity contribution >= 4 is 27.4 Å². The van der Waals surface area contributed by atoms with E-state index in [1.54, 1.807) is 32.9 Å². The maximum Gasteiger partial charge on any atom is 0.322 e. The van der Waals surface area contributed by atoms with E-state index in [0.29, 0.717) is 5.56 Å². The summed E-state index contributed by atoms with van der Waals surface area (Å²) >= 11 is 0. The van der Waals surface area contributed by atoms with Gasteiger partial charge in [0.25, 0.3) is 11.6 Å². The van der Waals surface area contributed by atoms with Crippen LogP contribution in [0.4, 0.5) is 11.7 Å². The van der Waals surface area contributed by atoms with Crippen LogP contribution in [0, 0.1) is 17.0 Å². The lowest BCUT2D eigenvalue weighted by Gasteiger charge is -2.08. The van der Waals surface area contributed by atoms with Gasteiger partial charge in [0.1, 0.15) is 0 Å². The quantitative estimate of drug-likeness (QED) is 0.431. The average molecular weight is 444 g/mol. The molecule has 162 valence electrons. The van der Waals surface area contributed by atoms with E-state index in [1.807, 2.05) is 0 Å². The van der Waals surface area contributed by atoms with Crippen LogP contribution >= 0.6 is 0 Å². The van der Waals surface area contributed by atoms with Crippen LogP contribution in [0.2, 0.25) is 0 Å². The van der Waals surface area contributed by atoms with Crippen LogP contribution in [0.5, 0.6) is 0 Å². The molecule has 0 radical (unpaired) electrons. The van der Waals surface area contributed by atoms with Gasteiger partial charge >= 0.3 is 6.01 Å². The first-order valence-corrected chi connectivity index (χ1v) is 10.8. The second-order valence-electron chi connectivity index (χ2n) is 7.13. The Kier molecular flexibility index (Phi) is 6.16. The van der Waals surface area contributed by atoms with Crippen molar-refractivity contribution in [3.8, 4) is 0 Å². The van der Waals surface area contributed by atoms with Crippen LogP contribution in [0.3, 0.4) is 0 Å². The molecule has 0 aliphatic heterocycles. The Morgan fingerprint density at radius 2 is 1.84 bits per heavy atom. The van der Waals surface area contributed by atoms with E-state index in [-0.39, 0.29) is 34.5 Å². The topological polar surface area (TPSA) is 145 Å². The van der Waals surface area contributed by atoms with Crippen LogP contribution < -0.4 is 5.32 Å². The molecule has 1 N–H and O–H groups in total. The van der Waals surface area contributed by atoms with E-state index in [4.69, 9.17) is 4.42 Å². The Bertz CT molecular complexity index is 1230. The molecule has 11 heteroatoms. The summed E-state index contributed by atoms with van der Waals surface area (Å²) in [5.74, 6) is -0.411. The molecule has 0 aliphatic rings.